The summed E-state index contributed by atoms with van der Waals surface area (Å²) >= 11 is 0. The zero-order valence-corrected chi connectivity index (χ0v) is 22.2. The van der Waals surface area contributed by atoms with Crippen molar-refractivity contribution in [2.24, 2.45) is 0 Å². The second-order valence-corrected chi connectivity index (χ2v) is 11.7. The third-order valence-corrected chi connectivity index (χ3v) is 7.55. The van der Waals surface area contributed by atoms with E-state index >= 15 is 8.78 Å². The molecule has 5 rings (SSSR count). The van der Waals surface area contributed by atoms with Crippen molar-refractivity contribution in [3.05, 3.63) is 47.8 Å². The fourth-order valence-electron chi connectivity index (χ4n) is 6.07. The van der Waals surface area contributed by atoms with Crippen LogP contribution in [0.1, 0.15) is 71.6 Å². The number of benzene rings is 1. The van der Waals surface area contributed by atoms with Gasteiger partial charge < -0.3 is 15.0 Å². The molecule has 1 aromatic carbocycles. The Kier molecular flexibility index (Phi) is 6.79. The minimum Gasteiger partial charge on any atom is -0.372 e. The van der Waals surface area contributed by atoms with E-state index in [1.165, 1.54) is 6.20 Å². The van der Waals surface area contributed by atoms with E-state index in [4.69, 9.17) is 4.74 Å². The molecule has 7 nitrogen and oxygen atoms in total. The molecule has 0 bridgehead atoms. The minimum atomic E-state index is -0.952. The van der Waals surface area contributed by atoms with Gasteiger partial charge in [0.25, 0.3) is 0 Å². The van der Waals surface area contributed by atoms with E-state index in [1.54, 1.807) is 18.2 Å². The number of ether oxygens (including phenoxy) is 1. The summed E-state index contributed by atoms with van der Waals surface area (Å²) in [6, 6.07) is 6.93. The van der Waals surface area contributed by atoms with Crippen molar-refractivity contribution in [2.45, 2.75) is 83.0 Å². The molecule has 0 aliphatic carbocycles. The molecule has 198 valence electrons. The zero-order valence-electron chi connectivity index (χ0n) is 22.2. The Bertz CT molecular complexity index is 1230. The standard InChI is InChI=1S/C28H36F2N6O/c1-27(2)14-17(15-28(3,4)35-27)36(5)23-12-11-21(32-33-23)19-10-9-18(24(29)25(19)30)20-16-31-34-26(20)22-8-6-7-13-37-22/h9-12,16-17,22,35H,6-8,13-15H2,1-5H3,(H,31,34). The summed E-state index contributed by atoms with van der Waals surface area (Å²) in [7, 11) is 2.01. The normalized spacial score (nSPS) is 21.6. The molecule has 2 saturated heterocycles. The molecule has 2 fully saturated rings. The van der Waals surface area contributed by atoms with Crippen molar-refractivity contribution in [3.8, 4) is 22.4 Å². The first-order chi connectivity index (χ1) is 17.5. The molecule has 2 aliphatic heterocycles. The van der Waals surface area contributed by atoms with Crippen LogP contribution in [0.2, 0.25) is 0 Å². The van der Waals surface area contributed by atoms with E-state index in [1.807, 2.05) is 13.1 Å². The van der Waals surface area contributed by atoms with Crippen LogP contribution in [0.5, 0.6) is 0 Å². The SMILES string of the molecule is CN(c1ccc(-c2ccc(-c3cn[nH]c3C3CCCCO3)c(F)c2F)nn1)C1CC(C)(C)NC(C)(C)C1. The highest BCUT2D eigenvalue weighted by Crippen LogP contribution is 2.37. The number of piperidine rings is 1. The molecule has 2 aromatic heterocycles. The summed E-state index contributed by atoms with van der Waals surface area (Å²) in [5, 5.41) is 19.4. The number of halogens is 2. The van der Waals surface area contributed by atoms with Crippen LogP contribution >= 0.6 is 0 Å². The van der Waals surface area contributed by atoms with Gasteiger partial charge in [0, 0.05) is 47.5 Å². The maximum atomic E-state index is 15.3. The first-order valence-electron chi connectivity index (χ1n) is 13.0. The third kappa shape index (κ3) is 5.25. The van der Waals surface area contributed by atoms with Crippen LogP contribution in [0, 0.1) is 11.6 Å². The minimum absolute atomic E-state index is 0.00555. The van der Waals surface area contributed by atoms with Crippen LogP contribution in [0.25, 0.3) is 22.4 Å². The van der Waals surface area contributed by atoms with E-state index in [0.717, 1.165) is 32.1 Å². The topological polar surface area (TPSA) is 79.0 Å². The van der Waals surface area contributed by atoms with E-state index in [-0.39, 0.29) is 40.0 Å². The molecular formula is C28H36F2N6O. The fraction of sp³-hybridized carbons (Fsp3) is 0.536. The smallest absolute Gasteiger partial charge is 0.168 e. The maximum absolute atomic E-state index is 15.3. The van der Waals surface area contributed by atoms with Gasteiger partial charge in [-0.25, -0.2) is 8.78 Å². The Morgan fingerprint density at radius 1 is 0.919 bits per heavy atom. The lowest BCUT2D eigenvalue weighted by Crippen LogP contribution is -2.62. The highest BCUT2D eigenvalue weighted by molar-refractivity contribution is 5.71. The number of H-pyrrole nitrogens is 1. The second-order valence-electron chi connectivity index (χ2n) is 11.7. The van der Waals surface area contributed by atoms with Gasteiger partial charge in [0.05, 0.1) is 23.7 Å². The largest absolute Gasteiger partial charge is 0.372 e. The second kappa shape index (κ2) is 9.76. The van der Waals surface area contributed by atoms with Crippen molar-refractivity contribution >= 4 is 5.82 Å². The van der Waals surface area contributed by atoms with Crippen LogP contribution in [-0.2, 0) is 4.74 Å². The average Bonchev–Trinajstić information content (AvgIpc) is 3.34. The van der Waals surface area contributed by atoms with Crippen LogP contribution in [0.3, 0.4) is 0 Å². The Morgan fingerprint density at radius 3 is 2.27 bits per heavy atom. The molecule has 1 atom stereocenters. The molecule has 0 saturated carbocycles. The first-order valence-corrected chi connectivity index (χ1v) is 13.0. The molecule has 3 aromatic rings. The summed E-state index contributed by atoms with van der Waals surface area (Å²) in [5.74, 6) is -1.18. The number of hydrogen-bond donors (Lipinski definition) is 2. The van der Waals surface area contributed by atoms with Gasteiger partial charge in [0.2, 0.25) is 0 Å². The third-order valence-electron chi connectivity index (χ3n) is 7.55. The van der Waals surface area contributed by atoms with E-state index < -0.39 is 11.6 Å². The monoisotopic (exact) mass is 510 g/mol. The summed E-state index contributed by atoms with van der Waals surface area (Å²) in [4.78, 5) is 2.13. The van der Waals surface area contributed by atoms with E-state index in [0.29, 0.717) is 23.7 Å². The number of nitrogens with zero attached hydrogens (tertiary/aromatic N) is 4. The van der Waals surface area contributed by atoms with Gasteiger partial charge in [-0.15, -0.1) is 10.2 Å². The summed E-state index contributed by atoms with van der Waals surface area (Å²) in [5.41, 5.74) is 1.70. The Hall–Kier alpha value is -2.91. The maximum Gasteiger partial charge on any atom is 0.168 e. The highest BCUT2D eigenvalue weighted by Gasteiger charge is 2.39. The van der Waals surface area contributed by atoms with Gasteiger partial charge in [-0.3, -0.25) is 5.10 Å². The van der Waals surface area contributed by atoms with Gasteiger partial charge in [0.15, 0.2) is 17.5 Å². The molecular weight excluding hydrogens is 474 g/mol. The number of nitrogens with one attached hydrogen (secondary N) is 2. The molecule has 37 heavy (non-hydrogen) atoms. The summed E-state index contributed by atoms with van der Waals surface area (Å²) < 4.78 is 36.5. The van der Waals surface area contributed by atoms with Crippen molar-refractivity contribution in [1.29, 1.82) is 0 Å². The van der Waals surface area contributed by atoms with Gasteiger partial charge in [-0.05, 0) is 78.0 Å². The predicted octanol–water partition coefficient (Wildman–Crippen LogP) is 5.80. The first kappa shape index (κ1) is 25.7. The molecule has 0 spiro atoms. The lowest BCUT2D eigenvalue weighted by atomic mass is 9.79. The van der Waals surface area contributed by atoms with Crippen LogP contribution in [0.4, 0.5) is 14.6 Å². The van der Waals surface area contributed by atoms with Crippen LogP contribution in [-0.4, -0.2) is 51.2 Å². The Morgan fingerprint density at radius 2 is 1.62 bits per heavy atom. The van der Waals surface area contributed by atoms with E-state index in [2.05, 4.69) is 58.3 Å². The summed E-state index contributed by atoms with van der Waals surface area (Å²) in [6.07, 6.45) is 6.09. The van der Waals surface area contributed by atoms with Crippen molar-refractivity contribution in [2.75, 3.05) is 18.6 Å². The van der Waals surface area contributed by atoms with Crippen molar-refractivity contribution < 1.29 is 13.5 Å². The van der Waals surface area contributed by atoms with Crippen LogP contribution < -0.4 is 10.2 Å². The number of aromatic amines is 1. The molecule has 0 radical (unpaired) electrons. The number of aromatic nitrogens is 4. The van der Waals surface area contributed by atoms with Gasteiger partial charge in [-0.2, -0.15) is 5.10 Å². The lowest BCUT2D eigenvalue weighted by Gasteiger charge is -2.49. The predicted molar refractivity (Wildman–Crippen MR) is 140 cm³/mol. The molecule has 0 amide bonds. The van der Waals surface area contributed by atoms with Gasteiger partial charge in [0.1, 0.15) is 0 Å². The lowest BCUT2D eigenvalue weighted by molar-refractivity contribution is 0.0126. The van der Waals surface area contributed by atoms with Crippen LogP contribution in [0.15, 0.2) is 30.5 Å². The summed E-state index contributed by atoms with van der Waals surface area (Å²) in [6.45, 7) is 9.48. The number of hydrogen-bond acceptors (Lipinski definition) is 6. The molecule has 2 aliphatic rings. The van der Waals surface area contributed by atoms with Gasteiger partial charge in [-0.1, -0.05) is 6.07 Å². The van der Waals surface area contributed by atoms with Crippen molar-refractivity contribution in [1.82, 2.24) is 25.7 Å². The average molecular weight is 511 g/mol. The van der Waals surface area contributed by atoms with Crippen molar-refractivity contribution in [3.63, 3.8) is 0 Å². The molecule has 4 heterocycles. The molecule has 2 N–H and O–H groups in total. The molecule has 1 unspecified atom stereocenters. The number of anilines is 1. The Labute approximate surface area is 217 Å². The van der Waals surface area contributed by atoms with Gasteiger partial charge >= 0.3 is 0 Å². The quantitative estimate of drug-likeness (QED) is 0.452. The Balaban J connectivity index is 1.38. The highest BCUT2D eigenvalue weighted by atomic mass is 19.2. The number of rotatable bonds is 5. The molecule has 9 heteroatoms. The zero-order chi connectivity index (χ0) is 26.4. The fourth-order valence-corrected chi connectivity index (χ4v) is 6.07. The van der Waals surface area contributed by atoms with E-state index in [9.17, 15) is 0 Å².